The van der Waals surface area contributed by atoms with Crippen LogP contribution in [0.5, 0.6) is 5.88 Å². The summed E-state index contributed by atoms with van der Waals surface area (Å²) in [5, 5.41) is 15.1. The number of anilines is 1. The van der Waals surface area contributed by atoms with Crippen LogP contribution in [0.15, 0.2) is 40.9 Å². The van der Waals surface area contributed by atoms with Gasteiger partial charge in [0.1, 0.15) is 18.2 Å². The number of rotatable bonds is 9. The van der Waals surface area contributed by atoms with Gasteiger partial charge in [-0.2, -0.15) is 4.80 Å². The van der Waals surface area contributed by atoms with Gasteiger partial charge in [0.25, 0.3) is 17.7 Å². The van der Waals surface area contributed by atoms with Crippen LogP contribution < -0.4 is 15.4 Å². The van der Waals surface area contributed by atoms with Crippen molar-refractivity contribution in [2.45, 2.75) is 18.6 Å². The van der Waals surface area contributed by atoms with Crippen LogP contribution in [-0.2, 0) is 26.1 Å². The van der Waals surface area contributed by atoms with Gasteiger partial charge in [0.05, 0.1) is 31.5 Å². The monoisotopic (exact) mass is 617 g/mol. The molecular weight excluding hydrogens is 596 g/mol. The molecule has 0 radical (unpaired) electrons. The molecule has 14 nitrogen and oxygen atoms in total. The number of nitrogens with two attached hydrogens (primary N) is 1. The number of hydrogen-bond donors (Lipinski definition) is 1. The first-order chi connectivity index (χ1) is 20.5. The number of benzene rings is 2. The van der Waals surface area contributed by atoms with E-state index in [1.54, 1.807) is 0 Å². The van der Waals surface area contributed by atoms with Crippen molar-refractivity contribution in [2.24, 2.45) is 12.8 Å². The lowest BCUT2D eigenvalue weighted by Gasteiger charge is -2.46. The molecule has 0 spiro atoms. The zero-order valence-electron chi connectivity index (χ0n) is 22.7. The smallest absolute Gasteiger partial charge is 0.378 e. The van der Waals surface area contributed by atoms with Gasteiger partial charge in [0.15, 0.2) is 6.10 Å². The molecule has 0 bridgehead atoms. The number of aromatic nitrogens is 5. The summed E-state index contributed by atoms with van der Waals surface area (Å²) in [5.74, 6) is -5.46. The van der Waals surface area contributed by atoms with E-state index in [1.165, 1.54) is 39.3 Å². The SMILES string of the molecule is CCN(C(=O)C1(OC(=O)c2cc(OC)no2)COC1C(N)=O)c1ccc(-c2cc(Cl)cc(F)c2-c2nnn(C)n2)cc1F. The van der Waals surface area contributed by atoms with E-state index in [4.69, 9.17) is 36.1 Å². The van der Waals surface area contributed by atoms with Gasteiger partial charge < -0.3 is 29.4 Å². The molecule has 2 unspecified atom stereocenters. The molecule has 224 valence electrons. The number of tetrazole rings is 1. The molecule has 1 saturated heterocycles. The molecule has 2 N–H and O–H groups in total. The average Bonchev–Trinajstić information content (AvgIpc) is 3.60. The number of primary amides is 1. The Balaban J connectivity index is 1.51. The highest BCUT2D eigenvalue weighted by molar-refractivity contribution is 6.31. The molecule has 0 saturated carbocycles. The number of carbonyl (C=O) groups excluding carboxylic acids is 3. The first kappa shape index (κ1) is 29.5. The fraction of sp³-hybridized carbons (Fsp3) is 0.269. The fourth-order valence-electron chi connectivity index (χ4n) is 4.56. The molecule has 2 amide bonds. The minimum Gasteiger partial charge on any atom is -0.479 e. The summed E-state index contributed by atoms with van der Waals surface area (Å²) in [6.07, 6.45) is -1.68. The Morgan fingerprint density at radius 3 is 2.53 bits per heavy atom. The minimum absolute atomic E-state index is 0.0330. The Bertz CT molecular complexity index is 1750. The van der Waals surface area contributed by atoms with Crippen molar-refractivity contribution in [3.63, 3.8) is 0 Å². The van der Waals surface area contributed by atoms with Crippen molar-refractivity contribution >= 4 is 35.1 Å². The van der Waals surface area contributed by atoms with Crippen LogP contribution in [-0.4, -0.2) is 75.1 Å². The van der Waals surface area contributed by atoms with Gasteiger partial charge in [-0.15, -0.1) is 10.2 Å². The Morgan fingerprint density at radius 1 is 1.21 bits per heavy atom. The summed E-state index contributed by atoms with van der Waals surface area (Å²) in [6.45, 7) is 0.852. The van der Waals surface area contributed by atoms with E-state index >= 15 is 8.78 Å². The predicted octanol–water partition coefficient (Wildman–Crippen LogP) is 2.31. The zero-order chi connectivity index (χ0) is 31.1. The Morgan fingerprint density at radius 2 is 1.98 bits per heavy atom. The topological polar surface area (TPSA) is 178 Å². The Kier molecular flexibility index (Phi) is 7.81. The van der Waals surface area contributed by atoms with Crippen molar-refractivity contribution in [1.29, 1.82) is 0 Å². The standard InChI is InChI=1S/C26H22ClF2N7O7/c1-4-36(25(39)26(11-41-21(26)22(30)37)42-24(38)18-10-19(40-3)33-43-18)17-6-5-12(7-15(17)28)14-8-13(27)9-16(29)20(14)23-31-34-35(2)32-23/h5-10,21H,4,11H2,1-3H3,(H2,30,37). The van der Waals surface area contributed by atoms with E-state index in [1.807, 2.05) is 0 Å². The second-order valence-electron chi connectivity index (χ2n) is 9.23. The van der Waals surface area contributed by atoms with Gasteiger partial charge in [-0.25, -0.2) is 13.6 Å². The van der Waals surface area contributed by atoms with Gasteiger partial charge in [-0.3, -0.25) is 9.59 Å². The molecule has 2 aromatic carbocycles. The Hall–Kier alpha value is -4.96. The molecule has 1 aliphatic heterocycles. The highest BCUT2D eigenvalue weighted by Gasteiger charge is 2.63. The van der Waals surface area contributed by atoms with Crippen molar-refractivity contribution in [3.05, 3.63) is 58.8 Å². The third-order valence-corrected chi connectivity index (χ3v) is 6.80. The molecule has 17 heteroatoms. The lowest BCUT2D eigenvalue weighted by Crippen LogP contribution is -2.72. The summed E-state index contributed by atoms with van der Waals surface area (Å²) in [4.78, 5) is 41.0. The van der Waals surface area contributed by atoms with E-state index in [0.717, 1.165) is 27.9 Å². The highest BCUT2D eigenvalue weighted by Crippen LogP contribution is 2.39. The summed E-state index contributed by atoms with van der Waals surface area (Å²) < 4.78 is 51.2. The van der Waals surface area contributed by atoms with Gasteiger partial charge in [-0.05, 0) is 52.7 Å². The predicted molar refractivity (Wildman–Crippen MR) is 143 cm³/mol. The maximum Gasteiger partial charge on any atom is 0.378 e. The maximum atomic E-state index is 15.8. The number of nitrogens with zero attached hydrogens (tertiary/aromatic N) is 6. The number of amides is 2. The molecule has 2 aromatic heterocycles. The molecule has 43 heavy (non-hydrogen) atoms. The molecule has 4 aromatic rings. The van der Waals surface area contributed by atoms with Crippen LogP contribution in [0.1, 0.15) is 17.5 Å². The number of carbonyl (C=O) groups is 3. The van der Waals surface area contributed by atoms with Crippen LogP contribution in [0.2, 0.25) is 5.02 Å². The van der Waals surface area contributed by atoms with Crippen LogP contribution in [0.4, 0.5) is 14.5 Å². The Labute approximate surface area is 246 Å². The van der Waals surface area contributed by atoms with Crippen molar-refractivity contribution < 1.29 is 41.9 Å². The molecule has 5 rings (SSSR count). The number of likely N-dealkylation sites (N-methyl/N-ethyl adjacent to an activating group) is 1. The van der Waals surface area contributed by atoms with E-state index < -0.39 is 53.5 Å². The summed E-state index contributed by atoms with van der Waals surface area (Å²) in [6, 6.07) is 7.31. The van der Waals surface area contributed by atoms with Gasteiger partial charge in [-0.1, -0.05) is 17.7 Å². The molecule has 2 atom stereocenters. The van der Waals surface area contributed by atoms with Crippen LogP contribution in [0.3, 0.4) is 0 Å². The third kappa shape index (κ3) is 5.25. The minimum atomic E-state index is -2.25. The number of esters is 1. The third-order valence-electron chi connectivity index (χ3n) is 6.58. The molecule has 1 fully saturated rings. The number of ether oxygens (including phenoxy) is 3. The number of aryl methyl sites for hydroxylation is 1. The summed E-state index contributed by atoms with van der Waals surface area (Å²) in [7, 11) is 2.79. The van der Waals surface area contributed by atoms with Crippen LogP contribution in [0.25, 0.3) is 22.5 Å². The number of methoxy groups -OCH3 is 1. The quantitative estimate of drug-likeness (QED) is 0.272. The van der Waals surface area contributed by atoms with E-state index in [-0.39, 0.29) is 45.6 Å². The normalized spacial score (nSPS) is 17.7. The number of hydrogen-bond acceptors (Lipinski definition) is 11. The van der Waals surface area contributed by atoms with E-state index in [9.17, 15) is 14.4 Å². The fourth-order valence-corrected chi connectivity index (χ4v) is 4.76. The first-order valence-corrected chi connectivity index (χ1v) is 12.9. The van der Waals surface area contributed by atoms with Crippen molar-refractivity contribution in [3.8, 4) is 28.4 Å². The average molecular weight is 618 g/mol. The van der Waals surface area contributed by atoms with E-state index in [0.29, 0.717) is 0 Å². The summed E-state index contributed by atoms with van der Waals surface area (Å²) in [5.41, 5.74) is 3.20. The molecular formula is C26H22ClF2N7O7. The van der Waals surface area contributed by atoms with Crippen molar-refractivity contribution in [2.75, 3.05) is 25.2 Å². The highest BCUT2D eigenvalue weighted by atomic mass is 35.5. The second-order valence-corrected chi connectivity index (χ2v) is 9.67. The van der Waals surface area contributed by atoms with Gasteiger partial charge in [0, 0.05) is 11.6 Å². The number of halogens is 3. The van der Waals surface area contributed by atoms with Crippen molar-refractivity contribution in [1.82, 2.24) is 25.4 Å². The lowest BCUT2D eigenvalue weighted by atomic mass is 9.88. The summed E-state index contributed by atoms with van der Waals surface area (Å²) >= 11 is 6.10. The molecule has 1 aliphatic rings. The zero-order valence-corrected chi connectivity index (χ0v) is 23.5. The second kappa shape index (κ2) is 11.4. The molecule has 0 aliphatic carbocycles. The maximum absolute atomic E-state index is 15.8. The first-order valence-electron chi connectivity index (χ1n) is 12.5. The van der Waals surface area contributed by atoms with E-state index in [2.05, 4.69) is 20.6 Å². The lowest BCUT2D eigenvalue weighted by molar-refractivity contribution is -0.225. The molecule has 3 heterocycles. The van der Waals surface area contributed by atoms with Crippen LogP contribution >= 0.6 is 11.6 Å². The van der Waals surface area contributed by atoms with Gasteiger partial charge >= 0.3 is 5.97 Å². The van der Waals surface area contributed by atoms with Gasteiger partial charge in [0.2, 0.25) is 17.2 Å². The van der Waals surface area contributed by atoms with Crippen LogP contribution in [0, 0.1) is 11.6 Å². The largest absolute Gasteiger partial charge is 0.479 e.